The largest absolute Gasteiger partial charge is 0.507 e. The zero-order chi connectivity index (χ0) is 31.1. The lowest BCUT2D eigenvalue weighted by Crippen LogP contribution is -2.38. The molecule has 0 bridgehead atoms. The van der Waals surface area contributed by atoms with E-state index in [-0.39, 0.29) is 11.3 Å². The third-order valence-corrected chi connectivity index (χ3v) is 7.93. The van der Waals surface area contributed by atoms with E-state index in [9.17, 15) is 14.7 Å². The van der Waals surface area contributed by atoms with E-state index in [0.29, 0.717) is 48.1 Å². The number of carbonyl (C=O) groups is 2. The summed E-state index contributed by atoms with van der Waals surface area (Å²) < 4.78 is 12.1. The van der Waals surface area contributed by atoms with Gasteiger partial charge in [0.25, 0.3) is 11.7 Å². The lowest BCUT2D eigenvalue weighted by molar-refractivity contribution is -0.140. The Bertz CT molecular complexity index is 1630. The van der Waals surface area contributed by atoms with Gasteiger partial charge >= 0.3 is 0 Å². The minimum atomic E-state index is -0.779. The Morgan fingerprint density at radius 1 is 0.841 bits per heavy atom. The highest BCUT2D eigenvalue weighted by Crippen LogP contribution is 2.41. The number of nitrogens with zero attached hydrogens (tertiary/aromatic N) is 2. The molecule has 0 aliphatic carbocycles. The predicted molar refractivity (Wildman–Crippen MR) is 172 cm³/mol. The standard InChI is InChI=1S/C37H38N2O5/c1-4-38(5-2)21-22-39-34(28-15-12-18-31(24-28)44-30-16-10-7-11-17-30)33(36(41)37(39)42)35(40)29-19-20-32(26(3)23-29)43-25-27-13-8-6-9-14-27/h6-20,23-24,34,40H,4-5,21-22,25H2,1-3H3. The number of benzene rings is 4. The molecule has 4 aromatic rings. The van der Waals surface area contributed by atoms with Crippen molar-refractivity contribution in [1.82, 2.24) is 9.80 Å². The number of hydrogen-bond acceptors (Lipinski definition) is 6. The average molecular weight is 591 g/mol. The molecule has 44 heavy (non-hydrogen) atoms. The highest BCUT2D eigenvalue weighted by molar-refractivity contribution is 6.46. The summed E-state index contributed by atoms with van der Waals surface area (Å²) >= 11 is 0. The molecule has 1 amide bonds. The number of likely N-dealkylation sites (tertiary alicyclic amines) is 1. The van der Waals surface area contributed by atoms with Crippen LogP contribution in [0.15, 0.2) is 109 Å². The average Bonchev–Trinajstić information content (AvgIpc) is 3.30. The van der Waals surface area contributed by atoms with E-state index < -0.39 is 17.7 Å². The fraction of sp³-hybridized carbons (Fsp3) is 0.243. The van der Waals surface area contributed by atoms with Gasteiger partial charge in [-0.15, -0.1) is 0 Å². The maximum atomic E-state index is 13.6. The number of ketones is 1. The van der Waals surface area contributed by atoms with Crippen molar-refractivity contribution in [2.75, 3.05) is 26.2 Å². The molecule has 7 nitrogen and oxygen atoms in total. The van der Waals surface area contributed by atoms with Crippen LogP contribution in [0.3, 0.4) is 0 Å². The van der Waals surface area contributed by atoms with Crippen LogP contribution in [-0.2, 0) is 16.2 Å². The number of aryl methyl sites for hydroxylation is 1. The molecule has 1 heterocycles. The van der Waals surface area contributed by atoms with E-state index in [1.165, 1.54) is 0 Å². The number of para-hydroxylation sites is 1. The van der Waals surface area contributed by atoms with Gasteiger partial charge in [0, 0.05) is 18.7 Å². The second-order valence-corrected chi connectivity index (χ2v) is 10.8. The van der Waals surface area contributed by atoms with Crippen molar-refractivity contribution in [3.8, 4) is 17.2 Å². The van der Waals surface area contributed by atoms with Gasteiger partial charge in [0.2, 0.25) is 0 Å². The number of Topliss-reactive ketones (excluding diaryl/α,β-unsaturated/α-hetero) is 1. The van der Waals surface area contributed by atoms with E-state index in [1.54, 1.807) is 23.1 Å². The van der Waals surface area contributed by atoms with Crippen molar-refractivity contribution >= 4 is 17.4 Å². The summed E-state index contributed by atoms with van der Waals surface area (Å²) in [6.45, 7) is 9.01. The number of carbonyl (C=O) groups excluding carboxylic acids is 2. The number of rotatable bonds is 12. The molecule has 1 unspecified atom stereocenters. The predicted octanol–water partition coefficient (Wildman–Crippen LogP) is 7.13. The number of ether oxygens (including phenoxy) is 2. The number of likely N-dealkylation sites (N-methyl/N-ethyl adjacent to an activating group) is 1. The highest BCUT2D eigenvalue weighted by Gasteiger charge is 2.46. The summed E-state index contributed by atoms with van der Waals surface area (Å²) in [6.07, 6.45) is 0. The Labute approximate surface area is 259 Å². The smallest absolute Gasteiger partial charge is 0.295 e. The van der Waals surface area contributed by atoms with Crippen LogP contribution in [0.5, 0.6) is 17.2 Å². The normalized spacial score (nSPS) is 16.0. The van der Waals surface area contributed by atoms with Crippen LogP contribution < -0.4 is 9.47 Å². The molecule has 1 N–H and O–H groups in total. The summed E-state index contributed by atoms with van der Waals surface area (Å²) in [5.41, 5.74) is 3.03. The van der Waals surface area contributed by atoms with E-state index in [1.807, 2.05) is 91.9 Å². The van der Waals surface area contributed by atoms with Gasteiger partial charge in [-0.05, 0) is 79.2 Å². The van der Waals surface area contributed by atoms with E-state index in [0.717, 1.165) is 24.2 Å². The van der Waals surface area contributed by atoms with Gasteiger partial charge in [0.1, 0.15) is 29.6 Å². The lowest BCUT2D eigenvalue weighted by Gasteiger charge is -2.28. The van der Waals surface area contributed by atoms with Crippen LogP contribution in [0.2, 0.25) is 0 Å². The van der Waals surface area contributed by atoms with E-state index >= 15 is 0 Å². The number of aliphatic hydroxyl groups is 1. The van der Waals surface area contributed by atoms with Gasteiger partial charge in [-0.3, -0.25) is 9.59 Å². The molecule has 5 rings (SSSR count). The van der Waals surface area contributed by atoms with Gasteiger partial charge < -0.3 is 24.4 Å². The van der Waals surface area contributed by atoms with Crippen LogP contribution >= 0.6 is 0 Å². The third kappa shape index (κ3) is 6.84. The van der Waals surface area contributed by atoms with E-state index in [4.69, 9.17) is 9.47 Å². The van der Waals surface area contributed by atoms with Crippen molar-refractivity contribution < 1.29 is 24.2 Å². The van der Waals surface area contributed by atoms with Gasteiger partial charge in [0.05, 0.1) is 11.6 Å². The minimum absolute atomic E-state index is 0.0590. The molecule has 4 aromatic carbocycles. The van der Waals surface area contributed by atoms with Crippen LogP contribution in [-0.4, -0.2) is 52.8 Å². The van der Waals surface area contributed by atoms with Gasteiger partial charge in [-0.2, -0.15) is 0 Å². The van der Waals surface area contributed by atoms with Crippen LogP contribution in [0.4, 0.5) is 0 Å². The van der Waals surface area contributed by atoms with E-state index in [2.05, 4.69) is 18.7 Å². The Hall–Kier alpha value is -4.88. The maximum Gasteiger partial charge on any atom is 0.295 e. The molecule has 1 saturated heterocycles. The Morgan fingerprint density at radius 3 is 2.20 bits per heavy atom. The van der Waals surface area contributed by atoms with Crippen LogP contribution in [0, 0.1) is 6.92 Å². The molecule has 1 aliphatic heterocycles. The quantitative estimate of drug-likeness (QED) is 0.107. The molecule has 0 spiro atoms. The fourth-order valence-electron chi connectivity index (χ4n) is 5.47. The molecule has 1 fully saturated rings. The van der Waals surface area contributed by atoms with Gasteiger partial charge in [-0.1, -0.05) is 74.5 Å². The van der Waals surface area contributed by atoms with Crippen molar-refractivity contribution in [3.05, 3.63) is 131 Å². The highest BCUT2D eigenvalue weighted by atomic mass is 16.5. The van der Waals surface area contributed by atoms with Gasteiger partial charge in [0.15, 0.2) is 0 Å². The molecule has 1 atom stereocenters. The molecular weight excluding hydrogens is 552 g/mol. The monoisotopic (exact) mass is 590 g/mol. The van der Waals surface area contributed by atoms with Crippen molar-refractivity contribution in [3.63, 3.8) is 0 Å². The number of hydrogen-bond donors (Lipinski definition) is 1. The first-order valence-electron chi connectivity index (χ1n) is 15.0. The summed E-state index contributed by atoms with van der Waals surface area (Å²) in [6, 6.07) is 31.1. The number of aliphatic hydroxyl groups excluding tert-OH is 1. The minimum Gasteiger partial charge on any atom is -0.507 e. The maximum absolute atomic E-state index is 13.6. The second-order valence-electron chi connectivity index (χ2n) is 10.8. The zero-order valence-corrected chi connectivity index (χ0v) is 25.4. The van der Waals surface area contributed by atoms with Crippen LogP contribution in [0.1, 0.15) is 42.1 Å². The Morgan fingerprint density at radius 2 is 1.52 bits per heavy atom. The molecule has 0 saturated carbocycles. The third-order valence-electron chi connectivity index (χ3n) is 7.93. The van der Waals surface area contributed by atoms with Crippen LogP contribution in [0.25, 0.3) is 5.76 Å². The second kappa shape index (κ2) is 14.1. The fourth-order valence-corrected chi connectivity index (χ4v) is 5.47. The van der Waals surface area contributed by atoms with Crippen molar-refractivity contribution in [2.24, 2.45) is 0 Å². The summed E-state index contributed by atoms with van der Waals surface area (Å²) in [7, 11) is 0. The van der Waals surface area contributed by atoms with Crippen molar-refractivity contribution in [2.45, 2.75) is 33.4 Å². The first-order chi connectivity index (χ1) is 21.4. The molecular formula is C37H38N2O5. The number of amides is 1. The zero-order valence-electron chi connectivity index (χ0n) is 25.4. The van der Waals surface area contributed by atoms with Crippen molar-refractivity contribution in [1.29, 1.82) is 0 Å². The lowest BCUT2D eigenvalue weighted by atomic mass is 9.94. The van der Waals surface area contributed by atoms with Gasteiger partial charge in [-0.25, -0.2) is 0 Å². The molecule has 0 radical (unpaired) electrons. The molecule has 226 valence electrons. The Kier molecular flexibility index (Phi) is 9.77. The first-order valence-corrected chi connectivity index (χ1v) is 15.0. The Balaban J connectivity index is 1.50. The topological polar surface area (TPSA) is 79.3 Å². The molecule has 1 aliphatic rings. The molecule has 0 aromatic heterocycles. The molecule has 7 heteroatoms. The summed E-state index contributed by atoms with van der Waals surface area (Å²) in [5, 5.41) is 11.7. The summed E-state index contributed by atoms with van der Waals surface area (Å²) in [5.74, 6) is 0.364. The SMILES string of the molecule is CCN(CC)CCN1C(=O)C(=O)C(=C(O)c2ccc(OCc3ccccc3)c(C)c2)C1c1cccc(Oc2ccccc2)c1. The summed E-state index contributed by atoms with van der Waals surface area (Å²) in [4.78, 5) is 30.9. The first kappa shape index (κ1) is 30.6.